The first-order valence-electron chi connectivity index (χ1n) is 6.97. The first kappa shape index (κ1) is 13.9. The molecule has 18 heavy (non-hydrogen) atoms. The van der Waals surface area contributed by atoms with Crippen LogP contribution in [0.5, 0.6) is 0 Å². The Hall–Kier alpha value is -0.480. The van der Waals surface area contributed by atoms with Crippen LogP contribution in [-0.4, -0.2) is 34.4 Å². The summed E-state index contributed by atoms with van der Waals surface area (Å²) in [6.45, 7) is 6.52. The first-order chi connectivity index (χ1) is 8.72. The third-order valence-corrected chi connectivity index (χ3v) is 4.33. The molecule has 1 fully saturated rings. The zero-order chi connectivity index (χ0) is 13.0. The predicted molar refractivity (Wildman–Crippen MR) is 79.4 cm³/mol. The van der Waals surface area contributed by atoms with Crippen LogP contribution < -0.4 is 5.32 Å². The molecular formula is C14H25N3S. The van der Waals surface area contributed by atoms with E-state index in [0.717, 1.165) is 25.6 Å². The minimum atomic E-state index is 0.808. The second-order valence-corrected chi connectivity index (χ2v) is 6.18. The summed E-state index contributed by atoms with van der Waals surface area (Å²) in [5.74, 6) is 1.22. The molecule has 4 heteroatoms. The molecule has 0 spiro atoms. The molecule has 1 aromatic heterocycles. The molecule has 2 rings (SSSR count). The molecule has 1 aliphatic rings. The van der Waals surface area contributed by atoms with Crippen LogP contribution in [0, 0.1) is 13.8 Å². The average molecular weight is 267 g/mol. The lowest BCUT2D eigenvalue weighted by atomic mass is 10.1. The largest absolute Gasteiger partial charge is 0.314 e. The number of rotatable bonds is 8. The van der Waals surface area contributed by atoms with Crippen molar-refractivity contribution in [1.82, 2.24) is 15.1 Å². The number of aryl methyl sites for hydroxylation is 2. The van der Waals surface area contributed by atoms with Gasteiger partial charge in [0.25, 0.3) is 0 Å². The van der Waals surface area contributed by atoms with E-state index in [9.17, 15) is 0 Å². The molecule has 3 nitrogen and oxygen atoms in total. The maximum atomic E-state index is 4.68. The lowest BCUT2D eigenvalue weighted by Gasteiger charge is -2.06. The Morgan fingerprint density at radius 2 is 2.17 bits per heavy atom. The van der Waals surface area contributed by atoms with Gasteiger partial charge >= 0.3 is 0 Å². The van der Waals surface area contributed by atoms with Gasteiger partial charge in [-0.15, -0.1) is 0 Å². The lowest BCUT2D eigenvalue weighted by molar-refractivity contribution is 0.585. The second-order valence-electron chi connectivity index (χ2n) is 5.20. The van der Waals surface area contributed by atoms with Crippen LogP contribution >= 0.6 is 11.8 Å². The lowest BCUT2D eigenvalue weighted by Crippen LogP contribution is -2.19. The molecule has 102 valence electrons. The van der Waals surface area contributed by atoms with Crippen LogP contribution in [-0.2, 0) is 13.0 Å². The first-order valence-corrected chi connectivity index (χ1v) is 8.37. The highest BCUT2D eigenvalue weighted by molar-refractivity contribution is 7.98. The quantitative estimate of drug-likeness (QED) is 0.734. The highest BCUT2D eigenvalue weighted by atomic mass is 32.2. The van der Waals surface area contributed by atoms with Gasteiger partial charge in [0.15, 0.2) is 0 Å². The Morgan fingerprint density at radius 3 is 2.83 bits per heavy atom. The van der Waals surface area contributed by atoms with E-state index in [1.807, 2.05) is 11.8 Å². The van der Waals surface area contributed by atoms with Gasteiger partial charge in [0.1, 0.15) is 0 Å². The number of nitrogens with one attached hydrogen (secondary N) is 1. The van der Waals surface area contributed by atoms with Crippen molar-refractivity contribution in [2.24, 2.45) is 0 Å². The van der Waals surface area contributed by atoms with Crippen LogP contribution in [0.15, 0.2) is 0 Å². The molecule has 0 aliphatic heterocycles. The molecule has 1 aromatic rings. The molecule has 1 heterocycles. The van der Waals surface area contributed by atoms with E-state index >= 15 is 0 Å². The van der Waals surface area contributed by atoms with Crippen molar-refractivity contribution in [3.05, 3.63) is 17.0 Å². The molecule has 1 N–H and O–H groups in total. The Morgan fingerprint density at radius 1 is 1.39 bits per heavy atom. The Bertz CT molecular complexity index is 383. The number of nitrogens with zero attached hydrogens (tertiary/aromatic N) is 2. The normalized spacial score (nSPS) is 15.3. The summed E-state index contributed by atoms with van der Waals surface area (Å²) in [4.78, 5) is 0. The highest BCUT2D eigenvalue weighted by Crippen LogP contribution is 2.19. The Labute approximate surface area is 115 Å². The van der Waals surface area contributed by atoms with Crippen LogP contribution in [0.4, 0.5) is 0 Å². The van der Waals surface area contributed by atoms with E-state index in [1.165, 1.54) is 42.0 Å². The zero-order valence-electron chi connectivity index (χ0n) is 11.8. The van der Waals surface area contributed by atoms with E-state index < -0.39 is 0 Å². The van der Waals surface area contributed by atoms with Crippen molar-refractivity contribution in [1.29, 1.82) is 0 Å². The van der Waals surface area contributed by atoms with Crippen molar-refractivity contribution in [3.63, 3.8) is 0 Å². The van der Waals surface area contributed by atoms with Gasteiger partial charge in [0.2, 0.25) is 0 Å². The van der Waals surface area contributed by atoms with E-state index in [4.69, 9.17) is 0 Å². The summed E-state index contributed by atoms with van der Waals surface area (Å²) in [6, 6.07) is 0.808. The predicted octanol–water partition coefficient (Wildman–Crippen LogP) is 2.55. The molecule has 0 unspecified atom stereocenters. The maximum absolute atomic E-state index is 4.68. The van der Waals surface area contributed by atoms with Gasteiger partial charge in [-0.2, -0.15) is 16.9 Å². The summed E-state index contributed by atoms with van der Waals surface area (Å²) < 4.78 is 2.19. The van der Waals surface area contributed by atoms with Crippen LogP contribution in [0.25, 0.3) is 0 Å². The smallest absolute Gasteiger partial charge is 0.0628 e. The minimum absolute atomic E-state index is 0.808. The molecule has 0 bridgehead atoms. The van der Waals surface area contributed by atoms with Gasteiger partial charge in [-0.25, -0.2) is 0 Å². The van der Waals surface area contributed by atoms with Gasteiger partial charge in [-0.3, -0.25) is 4.68 Å². The number of hydrogen-bond donors (Lipinski definition) is 1. The molecule has 0 atom stereocenters. The van der Waals surface area contributed by atoms with Crippen LogP contribution in [0.1, 0.15) is 36.2 Å². The molecule has 0 radical (unpaired) electrons. The van der Waals surface area contributed by atoms with Crippen molar-refractivity contribution in [2.45, 2.75) is 52.1 Å². The van der Waals surface area contributed by atoms with E-state index in [2.05, 4.69) is 35.2 Å². The van der Waals surface area contributed by atoms with E-state index in [0.29, 0.717) is 0 Å². The Balaban J connectivity index is 1.87. The molecule has 0 aromatic carbocycles. The topological polar surface area (TPSA) is 29.9 Å². The minimum Gasteiger partial charge on any atom is -0.314 e. The van der Waals surface area contributed by atoms with Crippen molar-refractivity contribution < 1.29 is 0 Å². The summed E-state index contributed by atoms with van der Waals surface area (Å²) in [5, 5.41) is 8.26. The van der Waals surface area contributed by atoms with Crippen molar-refractivity contribution >= 4 is 11.8 Å². The molecule has 0 saturated heterocycles. The summed E-state index contributed by atoms with van der Waals surface area (Å²) >= 11 is 1.91. The van der Waals surface area contributed by atoms with Crippen LogP contribution in [0.3, 0.4) is 0 Å². The second kappa shape index (κ2) is 6.62. The van der Waals surface area contributed by atoms with Gasteiger partial charge < -0.3 is 5.32 Å². The van der Waals surface area contributed by atoms with Gasteiger partial charge in [-0.1, -0.05) is 0 Å². The monoisotopic (exact) mass is 267 g/mol. The van der Waals surface area contributed by atoms with Crippen molar-refractivity contribution in [2.75, 3.05) is 18.6 Å². The SMILES string of the molecule is CSCCCn1nc(C)c(CCNC2CC2)c1C. The number of hydrogen-bond acceptors (Lipinski definition) is 3. The number of aromatic nitrogens is 2. The fraction of sp³-hybridized carbons (Fsp3) is 0.786. The fourth-order valence-electron chi connectivity index (χ4n) is 2.36. The standard InChI is InChI=1S/C14H25N3S/c1-11-14(7-8-15-13-5-6-13)12(2)17(16-11)9-4-10-18-3/h13,15H,4-10H2,1-3H3. The zero-order valence-corrected chi connectivity index (χ0v) is 12.6. The fourth-order valence-corrected chi connectivity index (χ4v) is 2.78. The molecular weight excluding hydrogens is 242 g/mol. The van der Waals surface area contributed by atoms with Gasteiger partial charge in [-0.05, 0) is 63.6 Å². The molecule has 1 saturated carbocycles. The van der Waals surface area contributed by atoms with E-state index in [1.54, 1.807) is 0 Å². The maximum Gasteiger partial charge on any atom is 0.0628 e. The highest BCUT2D eigenvalue weighted by Gasteiger charge is 2.20. The third kappa shape index (κ3) is 3.75. The van der Waals surface area contributed by atoms with Gasteiger partial charge in [0, 0.05) is 18.3 Å². The third-order valence-electron chi connectivity index (χ3n) is 3.64. The summed E-state index contributed by atoms with van der Waals surface area (Å²) in [5.41, 5.74) is 4.03. The summed E-state index contributed by atoms with van der Waals surface area (Å²) in [6.07, 6.45) is 7.23. The number of thioether (sulfide) groups is 1. The average Bonchev–Trinajstić information content (AvgIpc) is 3.12. The van der Waals surface area contributed by atoms with Crippen molar-refractivity contribution in [3.8, 4) is 0 Å². The molecule has 1 aliphatic carbocycles. The summed E-state index contributed by atoms with van der Waals surface area (Å²) in [7, 11) is 0. The van der Waals surface area contributed by atoms with Gasteiger partial charge in [0.05, 0.1) is 5.69 Å². The van der Waals surface area contributed by atoms with E-state index in [-0.39, 0.29) is 0 Å². The van der Waals surface area contributed by atoms with Crippen LogP contribution in [0.2, 0.25) is 0 Å². The molecule has 0 amide bonds. The Kier molecular flexibility index (Phi) is 5.13.